The number of hydrogen-bond acceptors (Lipinski definition) is 1. The number of nitrogens with zero attached hydrogens (tertiary/aromatic N) is 1. The molecule has 0 aromatic heterocycles. The summed E-state index contributed by atoms with van der Waals surface area (Å²) in [6, 6.07) is 2.33. The Morgan fingerprint density at radius 1 is 1.41 bits per heavy atom. The van der Waals surface area contributed by atoms with Crippen molar-refractivity contribution in [2.75, 3.05) is 13.6 Å². The van der Waals surface area contributed by atoms with Gasteiger partial charge in [-0.15, -0.1) is 0 Å². The maximum Gasteiger partial charge on any atom is 0.222 e. The maximum atomic E-state index is 13.8. The molecule has 1 atom stereocenters. The van der Waals surface area contributed by atoms with Gasteiger partial charge in [-0.25, -0.2) is 8.78 Å². The van der Waals surface area contributed by atoms with Crippen molar-refractivity contribution in [3.63, 3.8) is 0 Å². The Balaban J connectivity index is 2.35. The van der Waals surface area contributed by atoms with Gasteiger partial charge in [0.05, 0.1) is 5.02 Å². The summed E-state index contributed by atoms with van der Waals surface area (Å²) >= 11 is 5.63. The molecule has 1 saturated heterocycles. The van der Waals surface area contributed by atoms with E-state index in [1.54, 1.807) is 11.9 Å². The molecule has 1 fully saturated rings. The molecule has 1 aliphatic rings. The molecule has 17 heavy (non-hydrogen) atoms. The van der Waals surface area contributed by atoms with Gasteiger partial charge in [0.25, 0.3) is 0 Å². The summed E-state index contributed by atoms with van der Waals surface area (Å²) in [5.41, 5.74) is -0.0565. The van der Waals surface area contributed by atoms with E-state index < -0.39 is 17.6 Å². The fourth-order valence-corrected chi connectivity index (χ4v) is 2.27. The van der Waals surface area contributed by atoms with E-state index in [1.807, 2.05) is 0 Å². The van der Waals surface area contributed by atoms with E-state index in [0.29, 0.717) is 13.0 Å². The Hall–Kier alpha value is -1.16. The Kier molecular flexibility index (Phi) is 3.33. The average molecular weight is 260 g/mol. The van der Waals surface area contributed by atoms with E-state index >= 15 is 0 Å². The number of piperidine rings is 1. The van der Waals surface area contributed by atoms with E-state index in [1.165, 1.54) is 6.07 Å². The van der Waals surface area contributed by atoms with Crippen LogP contribution in [-0.4, -0.2) is 24.4 Å². The molecule has 0 spiro atoms. The zero-order valence-corrected chi connectivity index (χ0v) is 10.1. The SMILES string of the molecule is CN1CCC(c2c(F)ccc(Cl)c2F)CC1=O. The van der Waals surface area contributed by atoms with Crippen molar-refractivity contribution in [2.24, 2.45) is 0 Å². The Labute approximate surface area is 103 Å². The van der Waals surface area contributed by atoms with Crippen molar-refractivity contribution in [1.82, 2.24) is 4.90 Å². The molecule has 0 radical (unpaired) electrons. The van der Waals surface area contributed by atoms with Crippen LogP contribution in [-0.2, 0) is 4.79 Å². The highest BCUT2D eigenvalue weighted by atomic mass is 35.5. The van der Waals surface area contributed by atoms with Gasteiger partial charge in [-0.1, -0.05) is 11.6 Å². The summed E-state index contributed by atoms with van der Waals surface area (Å²) in [6.45, 7) is 0.509. The molecule has 1 aliphatic heterocycles. The number of carbonyl (C=O) groups is 1. The molecule has 2 nitrogen and oxygen atoms in total. The van der Waals surface area contributed by atoms with Crippen LogP contribution in [0.5, 0.6) is 0 Å². The van der Waals surface area contributed by atoms with Gasteiger partial charge in [-0.2, -0.15) is 0 Å². The van der Waals surface area contributed by atoms with Crippen molar-refractivity contribution in [2.45, 2.75) is 18.8 Å². The molecular formula is C12H12ClF2NO. The molecule has 0 saturated carbocycles. The molecule has 92 valence electrons. The topological polar surface area (TPSA) is 20.3 Å². The third kappa shape index (κ3) is 2.27. The number of halogens is 3. The summed E-state index contributed by atoms with van der Waals surface area (Å²) in [5, 5.41) is -0.104. The van der Waals surface area contributed by atoms with Crippen LogP contribution in [0, 0.1) is 11.6 Å². The first-order chi connectivity index (χ1) is 8.00. The molecule has 0 bridgehead atoms. The average Bonchev–Trinajstić information content (AvgIpc) is 2.29. The lowest BCUT2D eigenvalue weighted by molar-refractivity contribution is -0.132. The highest BCUT2D eigenvalue weighted by Gasteiger charge is 2.29. The van der Waals surface area contributed by atoms with Crippen molar-refractivity contribution in [3.8, 4) is 0 Å². The molecule has 0 aliphatic carbocycles. The summed E-state index contributed by atoms with van der Waals surface area (Å²) in [4.78, 5) is 13.1. The minimum Gasteiger partial charge on any atom is -0.346 e. The number of carbonyl (C=O) groups excluding carboxylic acids is 1. The zero-order chi connectivity index (χ0) is 12.6. The predicted octanol–water partition coefficient (Wildman–Crippen LogP) is 2.95. The quantitative estimate of drug-likeness (QED) is 0.710. The molecule has 0 N–H and O–H groups in total. The third-order valence-corrected chi connectivity index (χ3v) is 3.44. The van der Waals surface area contributed by atoms with Gasteiger partial charge in [0.2, 0.25) is 5.91 Å². The lowest BCUT2D eigenvalue weighted by Gasteiger charge is -2.29. The number of likely N-dealkylation sites (tertiary alicyclic amines) is 1. The first-order valence-electron chi connectivity index (χ1n) is 5.38. The van der Waals surface area contributed by atoms with Gasteiger partial charge >= 0.3 is 0 Å². The van der Waals surface area contributed by atoms with Crippen molar-refractivity contribution in [1.29, 1.82) is 0 Å². The van der Waals surface area contributed by atoms with Crippen LogP contribution in [0.15, 0.2) is 12.1 Å². The van der Waals surface area contributed by atoms with Gasteiger partial charge in [-0.3, -0.25) is 4.79 Å². The van der Waals surface area contributed by atoms with Gasteiger partial charge < -0.3 is 4.90 Å². The van der Waals surface area contributed by atoms with E-state index in [4.69, 9.17) is 11.6 Å². The second kappa shape index (κ2) is 4.61. The van der Waals surface area contributed by atoms with E-state index in [2.05, 4.69) is 0 Å². The van der Waals surface area contributed by atoms with Gasteiger partial charge in [0.1, 0.15) is 11.6 Å². The minimum atomic E-state index is -0.742. The van der Waals surface area contributed by atoms with E-state index in [9.17, 15) is 13.6 Å². The second-order valence-corrected chi connectivity index (χ2v) is 4.67. The van der Waals surface area contributed by atoms with Crippen LogP contribution in [0.1, 0.15) is 24.3 Å². The minimum absolute atomic E-state index is 0.0565. The Morgan fingerprint density at radius 2 is 2.12 bits per heavy atom. The van der Waals surface area contributed by atoms with Crippen LogP contribution >= 0.6 is 11.6 Å². The highest BCUT2D eigenvalue weighted by Crippen LogP contribution is 2.34. The zero-order valence-electron chi connectivity index (χ0n) is 9.34. The fraction of sp³-hybridized carbons (Fsp3) is 0.417. The van der Waals surface area contributed by atoms with Crippen molar-refractivity contribution >= 4 is 17.5 Å². The van der Waals surface area contributed by atoms with Crippen molar-refractivity contribution < 1.29 is 13.6 Å². The molecule has 1 aromatic carbocycles. The molecular weight excluding hydrogens is 248 g/mol. The summed E-state index contributed by atoms with van der Waals surface area (Å²) < 4.78 is 27.4. The largest absolute Gasteiger partial charge is 0.346 e. The van der Waals surface area contributed by atoms with Gasteiger partial charge in [0.15, 0.2) is 0 Å². The second-order valence-electron chi connectivity index (χ2n) is 4.26. The molecule has 1 aromatic rings. The first kappa shape index (κ1) is 12.3. The monoisotopic (exact) mass is 259 g/mol. The summed E-state index contributed by atoms with van der Waals surface area (Å²) in [7, 11) is 1.68. The van der Waals surface area contributed by atoms with Crippen molar-refractivity contribution in [3.05, 3.63) is 34.4 Å². The standard InChI is InChI=1S/C12H12ClF2NO/c1-16-5-4-7(6-10(16)17)11-9(14)3-2-8(13)12(11)15/h2-3,7H,4-6H2,1H3. The highest BCUT2D eigenvalue weighted by molar-refractivity contribution is 6.30. The van der Waals surface area contributed by atoms with Crippen LogP contribution in [0.3, 0.4) is 0 Å². The molecule has 2 rings (SSSR count). The lowest BCUT2D eigenvalue weighted by atomic mass is 9.88. The number of benzene rings is 1. The smallest absolute Gasteiger partial charge is 0.222 e. The van der Waals surface area contributed by atoms with E-state index in [0.717, 1.165) is 6.07 Å². The van der Waals surface area contributed by atoms with Crippen LogP contribution in [0.2, 0.25) is 5.02 Å². The fourth-order valence-electron chi connectivity index (χ4n) is 2.11. The number of hydrogen-bond donors (Lipinski definition) is 0. The van der Waals surface area contributed by atoms with Crippen LogP contribution in [0.25, 0.3) is 0 Å². The summed E-state index contributed by atoms with van der Waals surface area (Å²) in [5.74, 6) is -1.89. The maximum absolute atomic E-state index is 13.8. The molecule has 1 amide bonds. The van der Waals surface area contributed by atoms with Crippen LogP contribution < -0.4 is 0 Å². The van der Waals surface area contributed by atoms with E-state index in [-0.39, 0.29) is 22.9 Å². The molecule has 5 heteroatoms. The Bertz CT molecular complexity index is 464. The first-order valence-corrected chi connectivity index (χ1v) is 5.76. The van der Waals surface area contributed by atoms with Gasteiger partial charge in [-0.05, 0) is 18.6 Å². The number of rotatable bonds is 1. The third-order valence-electron chi connectivity index (χ3n) is 3.15. The Morgan fingerprint density at radius 3 is 2.76 bits per heavy atom. The normalized spacial score (nSPS) is 20.8. The molecule has 1 unspecified atom stereocenters. The van der Waals surface area contributed by atoms with Gasteiger partial charge in [0, 0.05) is 31.5 Å². The summed E-state index contributed by atoms with van der Waals surface area (Å²) in [6.07, 6.45) is 0.682. The predicted molar refractivity (Wildman–Crippen MR) is 61.0 cm³/mol. The molecule has 1 heterocycles. The van der Waals surface area contributed by atoms with Crippen LogP contribution in [0.4, 0.5) is 8.78 Å². The lowest BCUT2D eigenvalue weighted by Crippen LogP contribution is -2.35. The number of amides is 1.